The quantitative estimate of drug-likeness (QED) is 0.499. The molecule has 170 valence electrons. The van der Waals surface area contributed by atoms with Gasteiger partial charge in [-0.3, -0.25) is 4.79 Å². The highest BCUT2D eigenvalue weighted by atomic mass is 32.2. The van der Waals surface area contributed by atoms with Gasteiger partial charge in [-0.15, -0.1) is 11.3 Å². The van der Waals surface area contributed by atoms with Crippen molar-refractivity contribution < 1.29 is 22.5 Å². The third-order valence-corrected chi connectivity index (χ3v) is 8.65. The van der Waals surface area contributed by atoms with Crippen LogP contribution in [0.3, 0.4) is 0 Å². The number of aromatic nitrogens is 2. The number of piperidine rings is 1. The van der Waals surface area contributed by atoms with Gasteiger partial charge >= 0.3 is 5.97 Å². The van der Waals surface area contributed by atoms with Gasteiger partial charge < -0.3 is 9.26 Å². The van der Waals surface area contributed by atoms with E-state index in [1.54, 1.807) is 13.8 Å². The number of sulfonamides is 1. The lowest BCUT2D eigenvalue weighted by Gasteiger charge is -2.29. The fourth-order valence-electron chi connectivity index (χ4n) is 3.77. The molecule has 4 rings (SSSR count). The van der Waals surface area contributed by atoms with Crippen molar-refractivity contribution in [3.63, 3.8) is 0 Å². The smallest absolute Gasteiger partial charge is 0.309 e. The van der Waals surface area contributed by atoms with E-state index in [2.05, 4.69) is 10.1 Å². The van der Waals surface area contributed by atoms with Gasteiger partial charge in [-0.2, -0.15) is 4.31 Å². The molecule has 2 aromatic heterocycles. The predicted octanol–water partition coefficient (Wildman–Crippen LogP) is 3.87. The highest BCUT2D eigenvalue weighted by Gasteiger charge is 2.35. The minimum absolute atomic E-state index is 0.110. The molecule has 3 aromatic rings. The molecular formula is C22H25N3O5S2. The average molecular weight is 476 g/mol. The molecule has 1 fully saturated rings. The van der Waals surface area contributed by atoms with Crippen LogP contribution in [0.2, 0.25) is 0 Å². The maximum Gasteiger partial charge on any atom is 0.309 e. The molecule has 1 saturated heterocycles. The first kappa shape index (κ1) is 22.6. The number of thiazole rings is 1. The maximum atomic E-state index is 12.9. The summed E-state index contributed by atoms with van der Waals surface area (Å²) in [5, 5.41) is 6.51. The molecule has 3 heterocycles. The van der Waals surface area contributed by atoms with Gasteiger partial charge in [0, 0.05) is 24.0 Å². The highest BCUT2D eigenvalue weighted by molar-refractivity contribution is 7.89. The molecular weight excluding hydrogens is 450 g/mol. The number of esters is 1. The molecule has 1 aliphatic rings. The summed E-state index contributed by atoms with van der Waals surface area (Å²) in [6, 6.07) is 8.12. The van der Waals surface area contributed by atoms with Crippen LogP contribution < -0.4 is 0 Å². The largest absolute Gasteiger partial charge is 0.459 e. The van der Waals surface area contributed by atoms with E-state index in [1.165, 1.54) is 21.2 Å². The van der Waals surface area contributed by atoms with Gasteiger partial charge in [-0.05, 0) is 33.6 Å². The van der Waals surface area contributed by atoms with Crippen LogP contribution in [0.4, 0.5) is 0 Å². The van der Waals surface area contributed by atoms with Crippen molar-refractivity contribution in [1.29, 1.82) is 0 Å². The maximum absolute atomic E-state index is 12.9. The molecule has 0 unspecified atom stereocenters. The lowest BCUT2D eigenvalue weighted by molar-refractivity contribution is -0.151. The Morgan fingerprint density at radius 3 is 2.50 bits per heavy atom. The van der Waals surface area contributed by atoms with E-state index in [0.29, 0.717) is 24.2 Å². The first-order valence-electron chi connectivity index (χ1n) is 10.4. The van der Waals surface area contributed by atoms with Crippen molar-refractivity contribution in [2.45, 2.75) is 45.1 Å². The molecule has 10 heteroatoms. The fraction of sp³-hybridized carbons (Fsp3) is 0.409. The number of carbonyl (C=O) groups excluding carboxylic acids is 1. The average Bonchev–Trinajstić information content (AvgIpc) is 3.39. The molecule has 0 amide bonds. The van der Waals surface area contributed by atoms with Crippen molar-refractivity contribution in [3.05, 3.63) is 52.4 Å². The molecule has 0 N–H and O–H groups in total. The van der Waals surface area contributed by atoms with Crippen molar-refractivity contribution in [2.24, 2.45) is 5.92 Å². The number of ether oxygens (including phenoxy) is 1. The van der Waals surface area contributed by atoms with Gasteiger partial charge in [0.2, 0.25) is 10.0 Å². The molecule has 32 heavy (non-hydrogen) atoms. The van der Waals surface area contributed by atoms with Crippen LogP contribution in [0, 0.1) is 26.7 Å². The second kappa shape index (κ2) is 9.13. The second-order valence-corrected chi connectivity index (χ2v) is 10.7. The third kappa shape index (κ3) is 4.62. The Hall–Kier alpha value is -2.56. The summed E-state index contributed by atoms with van der Waals surface area (Å²) in [7, 11) is -3.69. The van der Waals surface area contributed by atoms with Crippen LogP contribution in [0.5, 0.6) is 0 Å². The minimum Gasteiger partial charge on any atom is -0.459 e. The molecule has 1 aromatic carbocycles. The van der Waals surface area contributed by atoms with Crippen molar-refractivity contribution in [2.75, 3.05) is 13.1 Å². The number of hydrogen-bond donors (Lipinski definition) is 0. The van der Waals surface area contributed by atoms with Gasteiger partial charge in [0.15, 0.2) is 5.76 Å². The normalized spacial score (nSPS) is 15.7. The van der Waals surface area contributed by atoms with E-state index in [-0.39, 0.29) is 42.2 Å². The van der Waals surface area contributed by atoms with Crippen molar-refractivity contribution >= 4 is 27.3 Å². The summed E-state index contributed by atoms with van der Waals surface area (Å²) < 4.78 is 37.7. The third-order valence-electron chi connectivity index (χ3n) is 5.57. The van der Waals surface area contributed by atoms with E-state index in [9.17, 15) is 13.2 Å². The zero-order valence-electron chi connectivity index (χ0n) is 18.2. The first-order valence-corrected chi connectivity index (χ1v) is 12.7. The van der Waals surface area contributed by atoms with Gasteiger partial charge in [-0.1, -0.05) is 35.0 Å². The summed E-state index contributed by atoms with van der Waals surface area (Å²) in [4.78, 5) is 17.2. The highest BCUT2D eigenvalue weighted by Crippen LogP contribution is 2.29. The van der Waals surface area contributed by atoms with Gasteiger partial charge in [0.1, 0.15) is 22.2 Å². The second-order valence-electron chi connectivity index (χ2n) is 7.95. The first-order chi connectivity index (χ1) is 15.3. The fourth-order valence-corrected chi connectivity index (χ4v) is 6.34. The standard InChI is InChI=1S/C22H25N3O5S2/c1-14-4-6-17(7-5-14)21-23-19(13-31-21)12-29-22(26)18-8-10-25(11-9-18)32(27,28)20-15(2)24-30-16(20)3/h4-7,13,18H,8-12H2,1-3H3. The Morgan fingerprint density at radius 1 is 1.19 bits per heavy atom. The SMILES string of the molecule is Cc1ccc(-c2nc(COC(=O)C3CCN(S(=O)(=O)c4c(C)noc4C)CC3)cs2)cc1. The molecule has 0 radical (unpaired) electrons. The summed E-state index contributed by atoms with van der Waals surface area (Å²) in [6.07, 6.45) is 0.820. The summed E-state index contributed by atoms with van der Waals surface area (Å²) >= 11 is 1.51. The molecule has 0 saturated carbocycles. The summed E-state index contributed by atoms with van der Waals surface area (Å²) in [5.74, 6) is -0.372. The minimum atomic E-state index is -3.69. The molecule has 8 nitrogen and oxygen atoms in total. The predicted molar refractivity (Wildman–Crippen MR) is 120 cm³/mol. The van der Waals surface area contributed by atoms with Crippen LogP contribution in [0.25, 0.3) is 10.6 Å². The van der Waals surface area contributed by atoms with Gasteiger partial charge in [0.25, 0.3) is 0 Å². The summed E-state index contributed by atoms with van der Waals surface area (Å²) in [6.45, 7) is 5.84. The number of rotatable bonds is 6. The van der Waals surface area contributed by atoms with Gasteiger partial charge in [0.05, 0.1) is 11.6 Å². The van der Waals surface area contributed by atoms with Gasteiger partial charge in [-0.25, -0.2) is 13.4 Å². The van der Waals surface area contributed by atoms with E-state index < -0.39 is 10.0 Å². The zero-order chi connectivity index (χ0) is 22.9. The Kier molecular flexibility index (Phi) is 6.45. The Labute approximate surface area is 191 Å². The molecule has 0 atom stereocenters. The molecule has 1 aliphatic heterocycles. The lowest BCUT2D eigenvalue weighted by Crippen LogP contribution is -2.40. The number of nitrogens with zero attached hydrogens (tertiary/aromatic N) is 3. The Morgan fingerprint density at radius 2 is 1.88 bits per heavy atom. The summed E-state index contributed by atoms with van der Waals surface area (Å²) in [5.41, 5.74) is 3.27. The zero-order valence-corrected chi connectivity index (χ0v) is 19.8. The molecule has 0 spiro atoms. The number of benzene rings is 1. The van der Waals surface area contributed by atoms with Crippen LogP contribution in [-0.4, -0.2) is 41.9 Å². The van der Waals surface area contributed by atoms with E-state index in [0.717, 1.165) is 10.6 Å². The van der Waals surface area contributed by atoms with Crippen LogP contribution in [-0.2, 0) is 26.2 Å². The monoisotopic (exact) mass is 475 g/mol. The van der Waals surface area contributed by atoms with Crippen LogP contribution in [0.1, 0.15) is 35.6 Å². The van der Waals surface area contributed by atoms with Crippen molar-refractivity contribution in [1.82, 2.24) is 14.4 Å². The Balaban J connectivity index is 1.31. The van der Waals surface area contributed by atoms with E-state index >= 15 is 0 Å². The van der Waals surface area contributed by atoms with E-state index in [1.807, 2.05) is 36.6 Å². The molecule has 0 bridgehead atoms. The number of aryl methyl sites for hydroxylation is 3. The number of carbonyl (C=O) groups is 1. The topological polar surface area (TPSA) is 103 Å². The Bertz CT molecular complexity index is 1190. The van der Waals surface area contributed by atoms with E-state index in [4.69, 9.17) is 9.26 Å². The number of hydrogen-bond acceptors (Lipinski definition) is 8. The lowest BCUT2D eigenvalue weighted by atomic mass is 9.98. The van der Waals surface area contributed by atoms with Crippen molar-refractivity contribution in [3.8, 4) is 10.6 Å². The molecule has 0 aliphatic carbocycles. The van der Waals surface area contributed by atoms with Crippen LogP contribution >= 0.6 is 11.3 Å². The van der Waals surface area contributed by atoms with Crippen LogP contribution in [0.15, 0.2) is 39.1 Å².